The molecule has 0 atom stereocenters. The first kappa shape index (κ1) is 14.9. The van der Waals surface area contributed by atoms with Gasteiger partial charge in [0.25, 0.3) is 0 Å². The summed E-state index contributed by atoms with van der Waals surface area (Å²) in [5.41, 5.74) is 2.37. The largest absolute Gasteiger partial charge is 0.380 e. The van der Waals surface area contributed by atoms with E-state index in [-0.39, 0.29) is 0 Å². The van der Waals surface area contributed by atoms with E-state index in [2.05, 4.69) is 48.0 Å². The van der Waals surface area contributed by atoms with Crippen molar-refractivity contribution in [3.05, 3.63) is 42.1 Å². The fourth-order valence-electron chi connectivity index (χ4n) is 2.31. The molecule has 3 nitrogen and oxygen atoms in total. The molecule has 0 radical (unpaired) electrons. The number of nitrogens with zero attached hydrogens (tertiary/aromatic N) is 2. The number of fused-ring (bicyclic) bond motifs is 1. The van der Waals surface area contributed by atoms with Crippen LogP contribution in [0.2, 0.25) is 0 Å². The number of ether oxygens (including phenoxy) is 1. The topological polar surface area (TPSA) is 25.4 Å². The number of likely N-dealkylation sites (N-methyl/N-ethyl adjacent to an activating group) is 1. The number of aromatic nitrogens is 1. The zero-order valence-corrected chi connectivity index (χ0v) is 12.5. The molecule has 2 rings (SSSR count). The van der Waals surface area contributed by atoms with Gasteiger partial charge in [-0.2, -0.15) is 0 Å². The first-order chi connectivity index (χ1) is 9.83. The van der Waals surface area contributed by atoms with Gasteiger partial charge >= 0.3 is 0 Å². The zero-order chi connectivity index (χ0) is 14.2. The maximum atomic E-state index is 5.73. The van der Waals surface area contributed by atoms with Gasteiger partial charge in [0.15, 0.2) is 0 Å². The van der Waals surface area contributed by atoms with Crippen LogP contribution >= 0.6 is 0 Å². The average Bonchev–Trinajstić information content (AvgIpc) is 2.51. The molecule has 0 aliphatic heterocycles. The number of rotatable bonds is 8. The Labute approximate surface area is 121 Å². The van der Waals surface area contributed by atoms with Gasteiger partial charge in [0.05, 0.1) is 18.7 Å². The highest BCUT2D eigenvalue weighted by Crippen LogP contribution is 2.13. The molecule has 0 amide bonds. The second-order valence-corrected chi connectivity index (χ2v) is 4.92. The number of hydrogen-bond donors (Lipinski definition) is 0. The van der Waals surface area contributed by atoms with Crippen LogP contribution in [0.1, 0.15) is 19.4 Å². The zero-order valence-electron chi connectivity index (χ0n) is 12.5. The maximum absolute atomic E-state index is 5.73. The van der Waals surface area contributed by atoms with Gasteiger partial charge in [-0.1, -0.05) is 26.0 Å². The molecule has 108 valence electrons. The van der Waals surface area contributed by atoms with E-state index < -0.39 is 0 Å². The third-order valence-corrected chi connectivity index (χ3v) is 3.65. The molecule has 0 bridgehead atoms. The van der Waals surface area contributed by atoms with E-state index in [1.165, 1.54) is 10.9 Å². The Hall–Kier alpha value is -1.45. The smallest absolute Gasteiger partial charge is 0.0702 e. The van der Waals surface area contributed by atoms with Crippen LogP contribution in [-0.2, 0) is 11.2 Å². The van der Waals surface area contributed by atoms with Gasteiger partial charge in [-0.15, -0.1) is 0 Å². The Kier molecular flexibility index (Phi) is 5.96. The highest BCUT2D eigenvalue weighted by molar-refractivity contribution is 5.78. The van der Waals surface area contributed by atoms with Crippen molar-refractivity contribution in [2.24, 2.45) is 0 Å². The molecule has 20 heavy (non-hydrogen) atoms. The fraction of sp³-hybridized carbons (Fsp3) is 0.471. The number of benzene rings is 1. The minimum absolute atomic E-state index is 0.785. The lowest BCUT2D eigenvalue weighted by Gasteiger charge is -2.17. The minimum Gasteiger partial charge on any atom is -0.380 e. The van der Waals surface area contributed by atoms with E-state index in [1.807, 2.05) is 12.3 Å². The first-order valence-electron chi connectivity index (χ1n) is 7.47. The SMILES string of the molecule is CCN(CC)CCOCCc1ccc2ncccc2c1. The second kappa shape index (κ2) is 7.98. The van der Waals surface area contributed by atoms with Crippen LogP contribution in [0.4, 0.5) is 0 Å². The van der Waals surface area contributed by atoms with E-state index in [4.69, 9.17) is 4.74 Å². The summed E-state index contributed by atoms with van der Waals surface area (Å²) >= 11 is 0. The molecule has 0 fully saturated rings. The van der Waals surface area contributed by atoms with Crippen molar-refractivity contribution in [3.63, 3.8) is 0 Å². The quantitative estimate of drug-likeness (QED) is 0.690. The Morgan fingerprint density at radius 3 is 2.75 bits per heavy atom. The third kappa shape index (κ3) is 4.29. The molecule has 1 heterocycles. The average molecular weight is 272 g/mol. The third-order valence-electron chi connectivity index (χ3n) is 3.65. The summed E-state index contributed by atoms with van der Waals surface area (Å²) < 4.78 is 5.73. The monoisotopic (exact) mass is 272 g/mol. The van der Waals surface area contributed by atoms with Crippen molar-refractivity contribution in [2.75, 3.05) is 32.8 Å². The molecule has 0 aliphatic carbocycles. The van der Waals surface area contributed by atoms with E-state index in [9.17, 15) is 0 Å². The van der Waals surface area contributed by atoms with Crippen molar-refractivity contribution >= 4 is 10.9 Å². The van der Waals surface area contributed by atoms with Crippen LogP contribution in [0.25, 0.3) is 10.9 Å². The van der Waals surface area contributed by atoms with Gasteiger partial charge in [0, 0.05) is 18.1 Å². The van der Waals surface area contributed by atoms with Gasteiger partial charge < -0.3 is 9.64 Å². The molecule has 0 spiro atoms. The number of hydrogen-bond acceptors (Lipinski definition) is 3. The lowest BCUT2D eigenvalue weighted by Crippen LogP contribution is -2.27. The predicted molar refractivity (Wildman–Crippen MR) is 84.1 cm³/mol. The Bertz CT molecular complexity index is 523. The van der Waals surface area contributed by atoms with Crippen LogP contribution < -0.4 is 0 Å². The molecular weight excluding hydrogens is 248 g/mol. The van der Waals surface area contributed by atoms with Crippen molar-refractivity contribution in [3.8, 4) is 0 Å². The Balaban J connectivity index is 1.75. The Morgan fingerprint density at radius 1 is 1.10 bits per heavy atom. The molecule has 1 aromatic carbocycles. The van der Waals surface area contributed by atoms with E-state index in [1.54, 1.807) is 0 Å². The minimum atomic E-state index is 0.785. The van der Waals surface area contributed by atoms with Crippen molar-refractivity contribution < 1.29 is 4.74 Å². The van der Waals surface area contributed by atoms with Crippen LogP contribution in [0.3, 0.4) is 0 Å². The van der Waals surface area contributed by atoms with E-state index in [0.29, 0.717) is 0 Å². The molecule has 0 saturated carbocycles. The molecule has 1 aromatic heterocycles. The lowest BCUT2D eigenvalue weighted by atomic mass is 10.1. The van der Waals surface area contributed by atoms with E-state index >= 15 is 0 Å². The standard InChI is InChI=1S/C17H24N2O/c1-3-19(4-2)11-13-20-12-9-15-7-8-17-16(14-15)6-5-10-18-17/h5-8,10,14H,3-4,9,11-13H2,1-2H3. The van der Waals surface area contributed by atoms with Gasteiger partial charge in [-0.25, -0.2) is 0 Å². The summed E-state index contributed by atoms with van der Waals surface area (Å²) in [5.74, 6) is 0. The van der Waals surface area contributed by atoms with E-state index in [0.717, 1.165) is 44.8 Å². The van der Waals surface area contributed by atoms with Crippen molar-refractivity contribution in [1.29, 1.82) is 0 Å². The van der Waals surface area contributed by atoms with Crippen LogP contribution in [-0.4, -0.2) is 42.7 Å². The molecule has 0 N–H and O–H groups in total. The molecule has 0 unspecified atom stereocenters. The first-order valence-corrected chi connectivity index (χ1v) is 7.47. The van der Waals surface area contributed by atoms with Crippen LogP contribution in [0, 0.1) is 0 Å². The molecule has 0 saturated heterocycles. The summed E-state index contributed by atoms with van der Waals surface area (Å²) in [6, 6.07) is 10.5. The summed E-state index contributed by atoms with van der Waals surface area (Å²) in [4.78, 5) is 6.71. The summed E-state index contributed by atoms with van der Waals surface area (Å²) in [5, 5.41) is 1.20. The highest BCUT2D eigenvalue weighted by Gasteiger charge is 2.00. The molecular formula is C17H24N2O. The van der Waals surface area contributed by atoms with Gasteiger partial charge in [-0.3, -0.25) is 4.98 Å². The molecule has 3 heteroatoms. The normalized spacial score (nSPS) is 11.3. The summed E-state index contributed by atoms with van der Waals surface area (Å²) in [7, 11) is 0. The van der Waals surface area contributed by atoms with Crippen molar-refractivity contribution in [1.82, 2.24) is 9.88 Å². The van der Waals surface area contributed by atoms with Gasteiger partial charge in [0.2, 0.25) is 0 Å². The highest BCUT2D eigenvalue weighted by atomic mass is 16.5. The molecule has 2 aromatic rings. The van der Waals surface area contributed by atoms with Gasteiger partial charge in [0.1, 0.15) is 0 Å². The summed E-state index contributed by atoms with van der Waals surface area (Å²) in [6.45, 7) is 9.19. The second-order valence-electron chi connectivity index (χ2n) is 4.92. The van der Waals surface area contributed by atoms with Gasteiger partial charge in [-0.05, 0) is 43.3 Å². The maximum Gasteiger partial charge on any atom is 0.0702 e. The van der Waals surface area contributed by atoms with Crippen molar-refractivity contribution in [2.45, 2.75) is 20.3 Å². The fourth-order valence-corrected chi connectivity index (χ4v) is 2.31. The van der Waals surface area contributed by atoms with Crippen LogP contribution in [0.15, 0.2) is 36.5 Å². The molecule has 0 aliphatic rings. The number of pyridine rings is 1. The Morgan fingerprint density at radius 2 is 1.95 bits per heavy atom. The summed E-state index contributed by atoms with van der Waals surface area (Å²) in [6.07, 6.45) is 2.79. The lowest BCUT2D eigenvalue weighted by molar-refractivity contribution is 0.109. The van der Waals surface area contributed by atoms with Crippen LogP contribution in [0.5, 0.6) is 0 Å². The predicted octanol–water partition coefficient (Wildman–Crippen LogP) is 3.14.